The molecule has 5 rings (SSSR count). The van der Waals surface area contributed by atoms with E-state index in [9.17, 15) is 24.3 Å². The van der Waals surface area contributed by atoms with Crippen molar-refractivity contribution in [2.45, 2.75) is 37.9 Å². The lowest BCUT2D eigenvalue weighted by Gasteiger charge is -2.27. The second-order valence-electron chi connectivity index (χ2n) is 11.1. The molecule has 0 aliphatic carbocycles. The minimum absolute atomic E-state index is 0.0971. The van der Waals surface area contributed by atoms with Crippen molar-refractivity contribution >= 4 is 48.2 Å². The van der Waals surface area contributed by atoms with Gasteiger partial charge in [0.05, 0.1) is 6.33 Å². The number of fused-ring (bicyclic) bond motifs is 1. The van der Waals surface area contributed by atoms with Crippen LogP contribution in [0.2, 0.25) is 0 Å². The Kier molecular flexibility index (Phi) is 8.85. The molecule has 2 aromatic heterocycles. The molecular weight excluding hydrogens is 571 g/mol. The van der Waals surface area contributed by atoms with Crippen LogP contribution in [0.1, 0.15) is 31.0 Å². The van der Waals surface area contributed by atoms with Crippen molar-refractivity contribution in [1.82, 2.24) is 25.2 Å². The summed E-state index contributed by atoms with van der Waals surface area (Å²) in [6, 6.07) is 22.3. The largest absolute Gasteiger partial charge is 0.479 e. The third-order valence-corrected chi connectivity index (χ3v) is 7.44. The molecule has 0 aliphatic rings. The first-order valence-corrected chi connectivity index (χ1v) is 14.2. The van der Waals surface area contributed by atoms with Gasteiger partial charge in [0.1, 0.15) is 11.6 Å². The molecule has 11 nitrogen and oxygen atoms in total. The monoisotopic (exact) mass is 602 g/mol. The summed E-state index contributed by atoms with van der Waals surface area (Å²) in [5.41, 5.74) is 2.71. The van der Waals surface area contributed by atoms with E-state index in [2.05, 4.69) is 25.9 Å². The first-order valence-electron chi connectivity index (χ1n) is 14.2. The van der Waals surface area contributed by atoms with E-state index in [-0.39, 0.29) is 12.2 Å². The van der Waals surface area contributed by atoms with Crippen LogP contribution < -0.4 is 16.0 Å². The summed E-state index contributed by atoms with van der Waals surface area (Å²) in [4.78, 5) is 57.9. The third-order valence-electron chi connectivity index (χ3n) is 7.44. The second-order valence-corrected chi connectivity index (χ2v) is 11.1. The van der Waals surface area contributed by atoms with Crippen LogP contribution >= 0.6 is 0 Å². The number of carboxylic acids is 1. The number of benzene rings is 3. The zero-order chi connectivity index (χ0) is 32.1. The molecule has 2 unspecified atom stereocenters. The zero-order valence-corrected chi connectivity index (χ0v) is 24.7. The number of nitrogens with one attached hydrogen (secondary N) is 4. The number of carboxylic acid groups (broad SMARTS) is 1. The predicted octanol–water partition coefficient (Wildman–Crippen LogP) is 4.03. The van der Waals surface area contributed by atoms with Gasteiger partial charge in [-0.25, -0.2) is 9.78 Å². The molecule has 226 valence electrons. The fraction of sp³-hybridized carbons (Fsp3) is 0.182. The number of nitrogens with zero attached hydrogens (tertiary/aromatic N) is 2. The Morgan fingerprint density at radius 3 is 2.31 bits per heavy atom. The van der Waals surface area contributed by atoms with Crippen LogP contribution in [0.4, 0.5) is 10.6 Å². The lowest BCUT2D eigenvalue weighted by Crippen LogP contribution is -2.58. The van der Waals surface area contributed by atoms with Crippen LogP contribution in [0.3, 0.4) is 0 Å². The maximum atomic E-state index is 13.6. The quantitative estimate of drug-likeness (QED) is 0.144. The highest BCUT2D eigenvalue weighted by atomic mass is 16.4. The summed E-state index contributed by atoms with van der Waals surface area (Å²) in [6.45, 7) is 2.93. The number of anilines is 1. The Labute approximate surface area is 260 Å². The van der Waals surface area contributed by atoms with Gasteiger partial charge in [0.2, 0.25) is 19.7 Å². The van der Waals surface area contributed by atoms with E-state index in [0.29, 0.717) is 5.56 Å². The number of para-hydroxylation sites is 1. The Bertz CT molecular complexity index is 1850. The number of carbonyl (C=O) groups is 4. The van der Waals surface area contributed by atoms with E-state index in [4.69, 9.17) is 7.85 Å². The van der Waals surface area contributed by atoms with Crippen molar-refractivity contribution in [1.29, 1.82) is 0 Å². The van der Waals surface area contributed by atoms with Crippen LogP contribution in [0, 0.1) is 0 Å². The summed E-state index contributed by atoms with van der Waals surface area (Å²) in [6.07, 6.45) is 4.62. The van der Waals surface area contributed by atoms with Crippen molar-refractivity contribution in [3.05, 3.63) is 109 Å². The summed E-state index contributed by atoms with van der Waals surface area (Å²) in [7, 11) is 5.24. The Hall–Kier alpha value is -5.65. The molecule has 2 radical (unpaired) electrons. The number of aliphatic carboxylic acids is 1. The average Bonchev–Trinajstić information content (AvgIpc) is 3.64. The zero-order valence-electron chi connectivity index (χ0n) is 24.7. The van der Waals surface area contributed by atoms with Crippen LogP contribution in [-0.2, 0) is 20.8 Å². The number of aromatic nitrogens is 3. The molecule has 5 aromatic rings. The molecule has 0 bridgehead atoms. The van der Waals surface area contributed by atoms with Crippen molar-refractivity contribution < 1.29 is 24.3 Å². The molecule has 5 N–H and O–H groups in total. The summed E-state index contributed by atoms with van der Waals surface area (Å²) in [5.74, 6) is -3.11. The average molecular weight is 602 g/mol. The first-order chi connectivity index (χ1) is 21.5. The summed E-state index contributed by atoms with van der Waals surface area (Å²) < 4.78 is 1.39. The van der Waals surface area contributed by atoms with Gasteiger partial charge in [-0.2, -0.15) is 0 Å². The Balaban J connectivity index is 1.37. The Morgan fingerprint density at radius 2 is 1.62 bits per heavy atom. The standard InChI is InChI=1S/C33H31BN6O5/c1-33(2,39-32(34)45)31(44)37-26(16-23-17-35-25-11-7-6-10-24(23)25)29(41)38-27-18-40(19-36-27)28(30(42)43)22-14-12-21(13-15-22)20-8-4-3-5-9-20/h3-15,17-19,26,28,35H,16H2,1-2H3,(H,37,44)(H,38,41)(H,39,45)(H,42,43). The third kappa shape index (κ3) is 7.12. The molecule has 0 saturated heterocycles. The predicted molar refractivity (Wildman–Crippen MR) is 171 cm³/mol. The lowest BCUT2D eigenvalue weighted by atomic mass is 9.98. The van der Waals surface area contributed by atoms with Crippen LogP contribution in [0.25, 0.3) is 22.0 Å². The minimum atomic E-state index is -1.41. The van der Waals surface area contributed by atoms with Crippen molar-refractivity contribution in [3.63, 3.8) is 0 Å². The van der Waals surface area contributed by atoms with Crippen LogP contribution in [0.15, 0.2) is 97.6 Å². The van der Waals surface area contributed by atoms with Gasteiger partial charge in [0.15, 0.2) is 17.7 Å². The summed E-state index contributed by atoms with van der Waals surface area (Å²) >= 11 is 0. The van der Waals surface area contributed by atoms with Crippen LogP contribution in [0.5, 0.6) is 0 Å². The van der Waals surface area contributed by atoms with Gasteiger partial charge in [-0.05, 0) is 42.2 Å². The van der Waals surface area contributed by atoms with E-state index in [1.54, 1.807) is 18.3 Å². The number of carbonyl (C=O) groups excluding carboxylic acids is 3. The number of amides is 3. The first kappa shape index (κ1) is 30.8. The van der Waals surface area contributed by atoms with Gasteiger partial charge in [-0.1, -0.05) is 72.8 Å². The fourth-order valence-corrected chi connectivity index (χ4v) is 5.12. The van der Waals surface area contributed by atoms with Gasteiger partial charge in [0, 0.05) is 29.7 Å². The highest BCUT2D eigenvalue weighted by molar-refractivity contribution is 6.57. The van der Waals surface area contributed by atoms with E-state index in [1.807, 2.05) is 66.7 Å². The molecule has 0 saturated carbocycles. The normalized spacial score (nSPS) is 12.7. The van der Waals surface area contributed by atoms with E-state index in [1.165, 1.54) is 30.9 Å². The number of hydrogen-bond donors (Lipinski definition) is 5. The molecule has 2 atom stereocenters. The number of aromatic amines is 1. The van der Waals surface area contributed by atoms with Gasteiger partial charge >= 0.3 is 5.97 Å². The van der Waals surface area contributed by atoms with Gasteiger partial charge in [-0.3, -0.25) is 14.4 Å². The summed E-state index contributed by atoms with van der Waals surface area (Å²) in [5, 5.41) is 18.8. The molecular formula is C33H31BN6O5. The smallest absolute Gasteiger partial charge is 0.331 e. The number of hydrogen-bond acceptors (Lipinski definition) is 5. The van der Waals surface area contributed by atoms with Gasteiger partial charge in [-0.15, -0.1) is 0 Å². The topological polar surface area (TPSA) is 158 Å². The SMILES string of the molecule is [B]C(=O)NC(C)(C)C(=O)NC(Cc1c[nH]c2ccccc12)C(=O)Nc1cn(C(C(=O)O)c2ccc(-c3ccccc3)cc2)cn1. The number of rotatable bonds is 11. The second kappa shape index (κ2) is 12.9. The van der Waals surface area contributed by atoms with Crippen LogP contribution in [-0.4, -0.2) is 62.7 Å². The highest BCUT2D eigenvalue weighted by Crippen LogP contribution is 2.25. The number of H-pyrrole nitrogens is 1. The van der Waals surface area contributed by atoms with E-state index < -0.39 is 41.2 Å². The maximum Gasteiger partial charge on any atom is 0.331 e. The molecule has 0 fully saturated rings. The molecule has 0 aliphatic heterocycles. The van der Waals surface area contributed by atoms with E-state index >= 15 is 0 Å². The fourth-order valence-electron chi connectivity index (χ4n) is 5.12. The maximum absolute atomic E-state index is 13.6. The van der Waals surface area contributed by atoms with Crippen molar-refractivity contribution in [2.75, 3.05) is 5.32 Å². The lowest BCUT2D eigenvalue weighted by molar-refractivity contribution is -0.139. The van der Waals surface area contributed by atoms with Crippen molar-refractivity contribution in [2.24, 2.45) is 0 Å². The molecule has 45 heavy (non-hydrogen) atoms. The molecule has 2 heterocycles. The molecule has 3 aromatic carbocycles. The van der Waals surface area contributed by atoms with Gasteiger partial charge < -0.3 is 30.6 Å². The number of imidazole rings is 1. The molecule has 3 amide bonds. The van der Waals surface area contributed by atoms with E-state index in [0.717, 1.165) is 27.6 Å². The van der Waals surface area contributed by atoms with Gasteiger partial charge in [0.25, 0.3) is 0 Å². The Morgan fingerprint density at radius 1 is 0.956 bits per heavy atom. The minimum Gasteiger partial charge on any atom is -0.479 e. The molecule has 0 spiro atoms. The molecule has 12 heteroatoms. The highest BCUT2D eigenvalue weighted by Gasteiger charge is 2.33. The van der Waals surface area contributed by atoms with Crippen molar-refractivity contribution in [3.8, 4) is 11.1 Å².